The Bertz CT molecular complexity index is 1170. The van der Waals surface area contributed by atoms with E-state index in [0.717, 1.165) is 17.8 Å². The van der Waals surface area contributed by atoms with Crippen molar-refractivity contribution < 1.29 is 29.8 Å². The van der Waals surface area contributed by atoms with E-state index in [2.05, 4.69) is 15.0 Å². The van der Waals surface area contributed by atoms with Crippen molar-refractivity contribution in [3.8, 4) is 0 Å². The van der Waals surface area contributed by atoms with Crippen molar-refractivity contribution >= 4 is 40.4 Å². The fourth-order valence-electron chi connectivity index (χ4n) is 3.27. The molecule has 0 saturated carbocycles. The molecule has 0 aliphatic carbocycles. The lowest BCUT2D eigenvalue weighted by Gasteiger charge is -2.16. The van der Waals surface area contributed by atoms with Gasteiger partial charge in [0.15, 0.2) is 17.7 Å². The smallest absolute Gasteiger partial charge is 0.342 e. The fourth-order valence-corrected chi connectivity index (χ4v) is 4.26. The lowest BCUT2D eigenvalue weighted by atomic mass is 10.1. The summed E-state index contributed by atoms with van der Waals surface area (Å²) in [6, 6.07) is 3.70. The van der Waals surface area contributed by atoms with Gasteiger partial charge in [-0.25, -0.2) is 19.7 Å². The van der Waals surface area contributed by atoms with Crippen LogP contribution in [0.1, 0.15) is 16.6 Å². The summed E-state index contributed by atoms with van der Waals surface area (Å²) in [7, 11) is 0. The molecule has 1 aromatic carbocycles. The first kappa shape index (κ1) is 20.9. The number of nitro benzene ring substituents is 1. The van der Waals surface area contributed by atoms with E-state index in [4.69, 9.17) is 10.5 Å². The molecule has 1 saturated heterocycles. The van der Waals surface area contributed by atoms with Gasteiger partial charge in [0, 0.05) is 16.7 Å². The lowest BCUT2D eigenvalue weighted by Crippen LogP contribution is -2.32. The average molecular weight is 448 g/mol. The van der Waals surface area contributed by atoms with Gasteiger partial charge in [-0.15, -0.1) is 11.8 Å². The van der Waals surface area contributed by atoms with E-state index in [1.54, 1.807) is 0 Å². The van der Waals surface area contributed by atoms with Crippen molar-refractivity contribution in [3.05, 3.63) is 46.5 Å². The second-order valence-electron chi connectivity index (χ2n) is 6.68. The van der Waals surface area contributed by atoms with Crippen LogP contribution in [0.5, 0.6) is 0 Å². The van der Waals surface area contributed by atoms with E-state index < -0.39 is 46.7 Å². The van der Waals surface area contributed by atoms with E-state index in [9.17, 15) is 30.2 Å². The second-order valence-corrected chi connectivity index (χ2v) is 7.77. The predicted molar refractivity (Wildman–Crippen MR) is 106 cm³/mol. The molecule has 0 bridgehead atoms. The van der Waals surface area contributed by atoms with Gasteiger partial charge in [-0.2, -0.15) is 0 Å². The van der Waals surface area contributed by atoms with E-state index in [1.165, 1.54) is 29.4 Å². The quantitative estimate of drug-likeness (QED) is 0.230. The largest absolute Gasteiger partial charge is 0.477 e. The number of hydrogen-bond acceptors (Lipinski definition) is 11. The highest BCUT2D eigenvalue weighted by atomic mass is 32.2. The molecule has 1 aliphatic rings. The van der Waals surface area contributed by atoms with Crippen LogP contribution in [0.15, 0.2) is 35.7 Å². The van der Waals surface area contributed by atoms with Crippen LogP contribution < -0.4 is 5.73 Å². The fraction of sp³-hybridized carbons (Fsp3) is 0.294. The zero-order valence-corrected chi connectivity index (χ0v) is 16.4. The third kappa shape index (κ3) is 3.76. The van der Waals surface area contributed by atoms with Crippen molar-refractivity contribution in [3.63, 3.8) is 0 Å². The predicted octanol–water partition coefficient (Wildman–Crippen LogP) is 0.426. The zero-order chi connectivity index (χ0) is 22.3. The molecule has 3 aromatic rings. The number of ether oxygens (including phenoxy) is 1. The van der Waals surface area contributed by atoms with Crippen molar-refractivity contribution in [2.75, 3.05) is 11.5 Å². The summed E-state index contributed by atoms with van der Waals surface area (Å²) in [6.07, 6.45) is -1.70. The molecule has 0 radical (unpaired) electrons. The number of rotatable bonds is 6. The molecule has 1 aliphatic heterocycles. The molecule has 162 valence electrons. The van der Waals surface area contributed by atoms with Gasteiger partial charge in [0.2, 0.25) is 0 Å². The zero-order valence-electron chi connectivity index (χ0n) is 15.6. The summed E-state index contributed by atoms with van der Waals surface area (Å²) in [5, 5.41) is 41.1. The summed E-state index contributed by atoms with van der Waals surface area (Å²) >= 11 is 1.13. The van der Waals surface area contributed by atoms with Gasteiger partial charge in [0.1, 0.15) is 29.6 Å². The van der Waals surface area contributed by atoms with E-state index in [1.807, 2.05) is 0 Å². The van der Waals surface area contributed by atoms with Crippen molar-refractivity contribution in [1.82, 2.24) is 19.5 Å². The molecule has 0 amide bonds. The third-order valence-corrected chi connectivity index (χ3v) is 5.89. The van der Waals surface area contributed by atoms with Crippen molar-refractivity contribution in [2.24, 2.45) is 0 Å². The number of carboxylic acid groups (broad SMARTS) is 1. The van der Waals surface area contributed by atoms with Gasteiger partial charge >= 0.3 is 5.97 Å². The highest BCUT2D eigenvalue weighted by Crippen LogP contribution is 2.35. The number of benzene rings is 1. The van der Waals surface area contributed by atoms with Gasteiger partial charge in [-0.1, -0.05) is 0 Å². The number of anilines is 1. The Hall–Kier alpha value is -3.33. The molecular weight excluding hydrogens is 432 g/mol. The number of fused-ring (bicyclic) bond motifs is 1. The van der Waals surface area contributed by atoms with Gasteiger partial charge in [0.05, 0.1) is 17.4 Å². The number of nitro groups is 1. The highest BCUT2D eigenvalue weighted by Gasteiger charge is 2.44. The number of aliphatic hydroxyl groups is 2. The van der Waals surface area contributed by atoms with Crippen LogP contribution in [-0.4, -0.2) is 69.8 Å². The lowest BCUT2D eigenvalue weighted by molar-refractivity contribution is -0.385. The molecule has 1 fully saturated rings. The molecule has 2 aromatic heterocycles. The normalized spacial score (nSPS) is 23.3. The SMILES string of the molecule is Nc1ncnc2c1ncn2[C@@H]1O[C@H](CSc2ccc([N+](=O)[O-])c(C(=O)O)c2)[C@@H](O)[C@H]1O. The van der Waals surface area contributed by atoms with Crippen LogP contribution in [0.2, 0.25) is 0 Å². The molecule has 13 nitrogen and oxygen atoms in total. The molecule has 14 heteroatoms. The summed E-state index contributed by atoms with van der Waals surface area (Å²) in [6.45, 7) is 0. The van der Waals surface area contributed by atoms with Crippen LogP contribution in [0.25, 0.3) is 11.2 Å². The molecule has 0 unspecified atom stereocenters. The Morgan fingerprint density at radius 3 is 2.77 bits per heavy atom. The van der Waals surface area contributed by atoms with Gasteiger partial charge < -0.3 is 25.8 Å². The molecule has 4 atom stereocenters. The maximum Gasteiger partial charge on any atom is 0.342 e. The van der Waals surface area contributed by atoms with Crippen LogP contribution in [0.3, 0.4) is 0 Å². The van der Waals surface area contributed by atoms with Crippen LogP contribution in [0, 0.1) is 10.1 Å². The van der Waals surface area contributed by atoms with Crippen LogP contribution >= 0.6 is 11.8 Å². The summed E-state index contributed by atoms with van der Waals surface area (Å²) in [5.41, 5.74) is 5.47. The number of aromatic nitrogens is 4. The molecule has 3 heterocycles. The van der Waals surface area contributed by atoms with E-state index in [0.29, 0.717) is 16.1 Å². The number of carbonyl (C=O) groups is 1. The topological polar surface area (TPSA) is 200 Å². The molecule has 0 spiro atoms. The maximum atomic E-state index is 11.3. The Kier molecular flexibility index (Phi) is 5.45. The third-order valence-electron chi connectivity index (χ3n) is 4.81. The van der Waals surface area contributed by atoms with Crippen molar-refractivity contribution in [2.45, 2.75) is 29.4 Å². The maximum absolute atomic E-state index is 11.3. The second kappa shape index (κ2) is 8.07. The van der Waals surface area contributed by atoms with Crippen LogP contribution in [0.4, 0.5) is 11.5 Å². The van der Waals surface area contributed by atoms with Crippen molar-refractivity contribution in [1.29, 1.82) is 0 Å². The number of nitrogens with zero attached hydrogens (tertiary/aromatic N) is 5. The number of aliphatic hydroxyl groups excluding tert-OH is 2. The minimum absolute atomic E-state index is 0.148. The summed E-state index contributed by atoms with van der Waals surface area (Å²) < 4.78 is 7.26. The molecular formula is C17H16N6O7S. The Balaban J connectivity index is 1.51. The van der Waals surface area contributed by atoms with Gasteiger partial charge in [0.25, 0.3) is 5.69 Å². The first-order chi connectivity index (χ1) is 14.8. The first-order valence-electron chi connectivity index (χ1n) is 8.87. The number of nitrogens with two attached hydrogens (primary N) is 1. The average Bonchev–Trinajstić information content (AvgIpc) is 3.28. The van der Waals surface area contributed by atoms with E-state index in [-0.39, 0.29) is 11.6 Å². The number of hydrogen-bond donors (Lipinski definition) is 4. The van der Waals surface area contributed by atoms with Gasteiger partial charge in [-0.3, -0.25) is 14.7 Å². The number of imidazole rings is 1. The Morgan fingerprint density at radius 2 is 2.06 bits per heavy atom. The summed E-state index contributed by atoms with van der Waals surface area (Å²) in [4.78, 5) is 34.0. The molecule has 4 rings (SSSR count). The Labute approximate surface area is 177 Å². The van der Waals surface area contributed by atoms with E-state index >= 15 is 0 Å². The van der Waals surface area contributed by atoms with Gasteiger partial charge in [-0.05, 0) is 12.1 Å². The monoisotopic (exact) mass is 448 g/mol. The number of carboxylic acids is 1. The molecule has 5 N–H and O–H groups in total. The first-order valence-corrected chi connectivity index (χ1v) is 9.85. The minimum atomic E-state index is -1.42. The highest BCUT2D eigenvalue weighted by molar-refractivity contribution is 7.99. The van der Waals surface area contributed by atoms with Crippen LogP contribution in [-0.2, 0) is 4.74 Å². The standard InChI is InChI=1S/C17H16N6O7S/c18-14-11-15(20-5-19-14)22(6-21-11)16-13(25)12(24)10(30-16)4-31-7-1-2-9(23(28)29)8(3-7)17(26)27/h1-3,5-6,10,12-13,16,24-25H,4H2,(H,26,27)(H2,18,19,20)/t10-,12-,13-,16-/m1/s1. The number of nitrogen functional groups attached to an aromatic ring is 1. The minimum Gasteiger partial charge on any atom is -0.477 e. The Morgan fingerprint density at radius 1 is 1.29 bits per heavy atom. The number of aromatic carboxylic acids is 1. The summed E-state index contributed by atoms with van der Waals surface area (Å²) in [5.74, 6) is -1.11. The number of thioether (sulfide) groups is 1. The molecule has 31 heavy (non-hydrogen) atoms.